The van der Waals surface area contributed by atoms with Crippen molar-refractivity contribution in [2.75, 3.05) is 0 Å². The highest BCUT2D eigenvalue weighted by atomic mass is 16.2. The van der Waals surface area contributed by atoms with E-state index in [9.17, 15) is 9.59 Å². The number of carbonyl (C=O) groups excluding carboxylic acids is 2. The Morgan fingerprint density at radius 3 is 1.97 bits per heavy atom. The maximum Gasteiger partial charge on any atom is 0.242 e. The van der Waals surface area contributed by atoms with E-state index in [1.54, 1.807) is 0 Å². The lowest BCUT2D eigenvalue weighted by molar-refractivity contribution is -0.128. The standard InChI is InChI=1S/C25H23N3O2/c29-24(15-20-17-26-23-14-8-7-13-21(20)23)27-28-25(30)16-22(18-9-3-1-4-10-18)19-11-5-2-6-12-19/h1-14,17,22,26H,15-16H2,(H,27,29)(H,28,30). The second-order valence-corrected chi connectivity index (χ2v) is 7.21. The number of amides is 2. The molecule has 5 heteroatoms. The maximum atomic E-state index is 12.6. The normalized spacial score (nSPS) is 10.8. The molecule has 1 heterocycles. The molecule has 0 bridgehead atoms. The number of fused-ring (bicyclic) bond motifs is 1. The molecule has 4 rings (SSSR count). The molecular weight excluding hydrogens is 374 g/mol. The van der Waals surface area contributed by atoms with Gasteiger partial charge in [0.1, 0.15) is 0 Å². The first-order valence-electron chi connectivity index (χ1n) is 9.93. The first kappa shape index (κ1) is 19.5. The molecule has 0 aliphatic heterocycles. The number of hydrogen-bond acceptors (Lipinski definition) is 2. The van der Waals surface area contributed by atoms with E-state index in [0.717, 1.165) is 27.6 Å². The zero-order valence-electron chi connectivity index (χ0n) is 16.5. The van der Waals surface area contributed by atoms with E-state index in [1.807, 2.05) is 91.1 Å². The van der Waals surface area contributed by atoms with Crippen molar-refractivity contribution < 1.29 is 9.59 Å². The molecule has 0 saturated heterocycles. The predicted molar refractivity (Wildman–Crippen MR) is 118 cm³/mol. The zero-order valence-corrected chi connectivity index (χ0v) is 16.5. The van der Waals surface area contributed by atoms with Gasteiger partial charge in [-0.05, 0) is 22.8 Å². The molecule has 1 aromatic heterocycles. The predicted octanol–water partition coefficient (Wildman–Crippen LogP) is 4.08. The number of benzene rings is 3. The Balaban J connectivity index is 1.38. The first-order chi connectivity index (χ1) is 14.7. The summed E-state index contributed by atoms with van der Waals surface area (Å²) in [7, 11) is 0. The van der Waals surface area contributed by atoms with E-state index < -0.39 is 0 Å². The third-order valence-electron chi connectivity index (χ3n) is 5.16. The molecule has 0 saturated carbocycles. The van der Waals surface area contributed by atoms with Crippen LogP contribution in [-0.4, -0.2) is 16.8 Å². The van der Waals surface area contributed by atoms with E-state index in [0.29, 0.717) is 0 Å². The third-order valence-corrected chi connectivity index (χ3v) is 5.16. The summed E-state index contributed by atoms with van der Waals surface area (Å²) in [5, 5.41) is 1.01. The van der Waals surface area contributed by atoms with Crippen molar-refractivity contribution in [1.29, 1.82) is 0 Å². The number of aromatic amines is 1. The van der Waals surface area contributed by atoms with Crippen molar-refractivity contribution in [3.8, 4) is 0 Å². The highest BCUT2D eigenvalue weighted by Gasteiger charge is 2.18. The van der Waals surface area contributed by atoms with E-state index in [1.165, 1.54) is 0 Å². The molecule has 0 unspecified atom stereocenters. The number of para-hydroxylation sites is 1. The fourth-order valence-corrected chi connectivity index (χ4v) is 3.67. The van der Waals surface area contributed by atoms with Crippen molar-refractivity contribution in [3.63, 3.8) is 0 Å². The van der Waals surface area contributed by atoms with Crippen LogP contribution in [0.5, 0.6) is 0 Å². The first-order valence-corrected chi connectivity index (χ1v) is 9.93. The molecule has 5 nitrogen and oxygen atoms in total. The highest BCUT2D eigenvalue weighted by molar-refractivity contribution is 5.89. The van der Waals surface area contributed by atoms with E-state index in [4.69, 9.17) is 0 Å². The van der Waals surface area contributed by atoms with Gasteiger partial charge in [-0.2, -0.15) is 0 Å². The maximum absolute atomic E-state index is 12.6. The van der Waals surface area contributed by atoms with Gasteiger partial charge in [-0.1, -0.05) is 78.9 Å². The Morgan fingerprint density at radius 2 is 1.30 bits per heavy atom. The molecule has 0 aliphatic carbocycles. The van der Waals surface area contributed by atoms with Gasteiger partial charge in [0.2, 0.25) is 11.8 Å². The number of carbonyl (C=O) groups is 2. The van der Waals surface area contributed by atoms with Gasteiger partial charge < -0.3 is 4.98 Å². The summed E-state index contributed by atoms with van der Waals surface area (Å²) in [4.78, 5) is 28.1. The van der Waals surface area contributed by atoms with Crippen LogP contribution in [0.1, 0.15) is 29.0 Å². The lowest BCUT2D eigenvalue weighted by Gasteiger charge is -2.18. The molecule has 0 radical (unpaired) electrons. The Hall–Kier alpha value is -3.86. The fourth-order valence-electron chi connectivity index (χ4n) is 3.67. The van der Waals surface area contributed by atoms with Crippen molar-refractivity contribution in [2.24, 2.45) is 0 Å². The molecule has 0 aliphatic rings. The average Bonchev–Trinajstić information content (AvgIpc) is 3.20. The average molecular weight is 397 g/mol. The Bertz CT molecular complexity index is 1100. The number of hydrazine groups is 1. The lowest BCUT2D eigenvalue weighted by atomic mass is 9.88. The van der Waals surface area contributed by atoms with Gasteiger partial charge >= 0.3 is 0 Å². The van der Waals surface area contributed by atoms with Crippen molar-refractivity contribution >= 4 is 22.7 Å². The summed E-state index contributed by atoms with van der Waals surface area (Å²) in [5.74, 6) is -0.582. The SMILES string of the molecule is O=C(Cc1c[nH]c2ccccc12)NNC(=O)CC(c1ccccc1)c1ccccc1. The van der Waals surface area contributed by atoms with Crippen LogP contribution >= 0.6 is 0 Å². The molecule has 3 aromatic carbocycles. The van der Waals surface area contributed by atoms with Crippen LogP contribution in [0.15, 0.2) is 91.1 Å². The van der Waals surface area contributed by atoms with Crippen LogP contribution in [0, 0.1) is 0 Å². The van der Waals surface area contributed by atoms with E-state index in [2.05, 4.69) is 15.8 Å². The van der Waals surface area contributed by atoms with Crippen LogP contribution in [0.4, 0.5) is 0 Å². The van der Waals surface area contributed by atoms with Gasteiger partial charge in [0.25, 0.3) is 0 Å². The molecule has 3 N–H and O–H groups in total. The molecular formula is C25H23N3O2. The number of nitrogens with one attached hydrogen (secondary N) is 3. The minimum Gasteiger partial charge on any atom is -0.361 e. The summed E-state index contributed by atoms with van der Waals surface area (Å²) in [6.45, 7) is 0. The summed E-state index contributed by atoms with van der Waals surface area (Å²) in [6, 6.07) is 27.6. The lowest BCUT2D eigenvalue weighted by Crippen LogP contribution is -2.42. The Labute approximate surface area is 175 Å². The molecule has 0 spiro atoms. The quantitative estimate of drug-likeness (QED) is 0.429. The Kier molecular flexibility index (Phi) is 5.90. The van der Waals surface area contributed by atoms with Gasteiger partial charge in [-0.15, -0.1) is 0 Å². The summed E-state index contributed by atoms with van der Waals surface area (Å²) >= 11 is 0. The zero-order chi connectivity index (χ0) is 20.8. The van der Waals surface area contributed by atoms with Gasteiger partial charge in [0.15, 0.2) is 0 Å². The number of H-pyrrole nitrogens is 1. The molecule has 2 amide bonds. The van der Waals surface area contributed by atoms with E-state index in [-0.39, 0.29) is 30.6 Å². The fraction of sp³-hybridized carbons (Fsp3) is 0.120. The minimum atomic E-state index is -0.260. The monoisotopic (exact) mass is 397 g/mol. The molecule has 0 fully saturated rings. The van der Waals surface area contributed by atoms with Crippen LogP contribution in [0.3, 0.4) is 0 Å². The summed E-state index contributed by atoms with van der Waals surface area (Å²) < 4.78 is 0. The molecule has 150 valence electrons. The topological polar surface area (TPSA) is 74.0 Å². The largest absolute Gasteiger partial charge is 0.361 e. The number of hydrogen-bond donors (Lipinski definition) is 3. The van der Waals surface area contributed by atoms with Crippen LogP contribution < -0.4 is 10.9 Å². The number of rotatable bonds is 6. The van der Waals surface area contributed by atoms with Crippen molar-refractivity contribution in [3.05, 3.63) is 108 Å². The summed E-state index contributed by atoms with van der Waals surface area (Å²) in [6.07, 6.45) is 2.25. The second-order valence-electron chi connectivity index (χ2n) is 7.21. The van der Waals surface area contributed by atoms with E-state index >= 15 is 0 Å². The van der Waals surface area contributed by atoms with Crippen molar-refractivity contribution in [2.45, 2.75) is 18.8 Å². The highest BCUT2D eigenvalue weighted by Crippen LogP contribution is 2.27. The summed E-state index contributed by atoms with van der Waals surface area (Å²) in [5.41, 5.74) is 9.10. The Morgan fingerprint density at radius 1 is 0.733 bits per heavy atom. The molecule has 0 atom stereocenters. The van der Waals surface area contributed by atoms with Gasteiger partial charge in [-0.25, -0.2) is 0 Å². The molecule has 4 aromatic rings. The second kappa shape index (κ2) is 9.09. The smallest absolute Gasteiger partial charge is 0.242 e. The van der Waals surface area contributed by atoms with Crippen molar-refractivity contribution in [1.82, 2.24) is 15.8 Å². The van der Waals surface area contributed by atoms with Crippen LogP contribution in [-0.2, 0) is 16.0 Å². The van der Waals surface area contributed by atoms with Gasteiger partial charge in [0, 0.05) is 29.4 Å². The number of aromatic nitrogens is 1. The molecule has 30 heavy (non-hydrogen) atoms. The van der Waals surface area contributed by atoms with Gasteiger partial charge in [0.05, 0.1) is 6.42 Å². The van der Waals surface area contributed by atoms with Crippen LogP contribution in [0.2, 0.25) is 0 Å². The third kappa shape index (κ3) is 4.58. The minimum absolute atomic E-state index is 0.0853. The van der Waals surface area contributed by atoms with Gasteiger partial charge in [-0.3, -0.25) is 20.4 Å². The van der Waals surface area contributed by atoms with Crippen LogP contribution in [0.25, 0.3) is 10.9 Å².